The molecule has 0 unspecified atom stereocenters. The first-order valence-electron chi connectivity index (χ1n) is 7.35. The average Bonchev–Trinajstić information content (AvgIpc) is 3.29. The van der Waals surface area contributed by atoms with Crippen molar-refractivity contribution in [3.8, 4) is 0 Å². The van der Waals surface area contributed by atoms with Crippen LogP contribution in [-0.4, -0.2) is 11.8 Å². The molecule has 116 valence electrons. The molecule has 0 saturated carbocycles. The predicted molar refractivity (Wildman–Crippen MR) is 96.6 cm³/mol. The van der Waals surface area contributed by atoms with E-state index in [0.29, 0.717) is 11.1 Å². The van der Waals surface area contributed by atoms with Crippen molar-refractivity contribution in [1.29, 1.82) is 0 Å². The molecule has 0 atom stereocenters. The quantitative estimate of drug-likeness (QED) is 0.744. The monoisotopic (exact) mass is 350 g/mol. The molecular formula is C18H10N2O2S2. The van der Waals surface area contributed by atoms with Gasteiger partial charge in [0, 0.05) is 31.6 Å². The molecule has 24 heavy (non-hydrogen) atoms. The number of hydrogen-bond donors (Lipinski definition) is 2. The van der Waals surface area contributed by atoms with Crippen LogP contribution in [0.3, 0.4) is 0 Å². The summed E-state index contributed by atoms with van der Waals surface area (Å²) in [5.41, 5.74) is 2.85. The van der Waals surface area contributed by atoms with Gasteiger partial charge in [-0.2, -0.15) is 0 Å². The zero-order valence-electron chi connectivity index (χ0n) is 12.3. The standard InChI is InChI=1S/C18H10N2O2S2/c21-17-15(13-3-1-5-23-13)9-7-12-10(8-11(9)19-17)16(18(22)20-12)14-4-2-6-24-14/h1-8H,(H,19,21)(H,20,22). The number of benzene rings is 1. The molecule has 2 aliphatic heterocycles. The summed E-state index contributed by atoms with van der Waals surface area (Å²) < 4.78 is 0. The lowest BCUT2D eigenvalue weighted by Gasteiger charge is -1.98. The van der Waals surface area contributed by atoms with Crippen LogP contribution in [0.1, 0.15) is 9.75 Å². The SMILES string of the molecule is O=C1Nc2cc3c(cc2=C1c1cccs1)NC(=O)C=3c1cccs1. The summed E-state index contributed by atoms with van der Waals surface area (Å²) in [6, 6.07) is 11.5. The highest BCUT2D eigenvalue weighted by Crippen LogP contribution is 2.27. The Morgan fingerprint density at radius 1 is 0.708 bits per heavy atom. The third-order valence-corrected chi connectivity index (χ3v) is 5.96. The van der Waals surface area contributed by atoms with Gasteiger partial charge in [-0.05, 0) is 35.0 Å². The topological polar surface area (TPSA) is 58.2 Å². The van der Waals surface area contributed by atoms with Gasteiger partial charge < -0.3 is 10.6 Å². The highest BCUT2D eigenvalue weighted by atomic mass is 32.1. The zero-order valence-corrected chi connectivity index (χ0v) is 13.9. The molecule has 2 aliphatic rings. The number of carbonyl (C=O) groups excluding carboxylic acids is 2. The average molecular weight is 350 g/mol. The number of anilines is 2. The minimum absolute atomic E-state index is 0.0971. The Hall–Kier alpha value is -2.70. The molecule has 6 heteroatoms. The zero-order chi connectivity index (χ0) is 16.3. The van der Waals surface area contributed by atoms with Gasteiger partial charge in [0.25, 0.3) is 11.8 Å². The first-order chi connectivity index (χ1) is 11.7. The first-order valence-corrected chi connectivity index (χ1v) is 9.11. The van der Waals surface area contributed by atoms with Gasteiger partial charge >= 0.3 is 0 Å². The van der Waals surface area contributed by atoms with Crippen LogP contribution in [0.15, 0.2) is 47.2 Å². The first kappa shape index (κ1) is 13.7. The molecule has 5 rings (SSSR count). The van der Waals surface area contributed by atoms with Gasteiger partial charge in [0.2, 0.25) is 0 Å². The minimum Gasteiger partial charge on any atom is -0.321 e. The Morgan fingerprint density at radius 3 is 1.54 bits per heavy atom. The van der Waals surface area contributed by atoms with Gasteiger partial charge in [-0.15, -0.1) is 22.7 Å². The van der Waals surface area contributed by atoms with Gasteiger partial charge in [-0.1, -0.05) is 12.1 Å². The maximum absolute atomic E-state index is 12.4. The van der Waals surface area contributed by atoms with E-state index in [2.05, 4.69) is 10.6 Å². The lowest BCUT2D eigenvalue weighted by molar-refractivity contribution is -0.111. The molecule has 1 aromatic carbocycles. The summed E-state index contributed by atoms with van der Waals surface area (Å²) >= 11 is 3.06. The number of hydrogen-bond acceptors (Lipinski definition) is 4. The Kier molecular flexibility index (Phi) is 2.80. The van der Waals surface area contributed by atoms with E-state index >= 15 is 0 Å². The fourth-order valence-electron chi connectivity index (χ4n) is 3.17. The largest absolute Gasteiger partial charge is 0.321 e. The van der Waals surface area contributed by atoms with Gasteiger partial charge in [0.15, 0.2) is 0 Å². The van der Waals surface area contributed by atoms with Gasteiger partial charge in [0.1, 0.15) is 0 Å². The normalized spacial score (nSPS) is 15.3. The summed E-state index contributed by atoms with van der Waals surface area (Å²) in [6.45, 7) is 0. The molecule has 2 N–H and O–H groups in total. The van der Waals surface area contributed by atoms with Crippen molar-refractivity contribution in [2.24, 2.45) is 0 Å². The van der Waals surface area contributed by atoms with Gasteiger partial charge in [-0.3, -0.25) is 9.59 Å². The summed E-state index contributed by atoms with van der Waals surface area (Å²) in [5.74, 6) is -0.194. The molecule has 0 aliphatic carbocycles. The number of amides is 2. The van der Waals surface area contributed by atoms with Gasteiger partial charge in [-0.25, -0.2) is 0 Å². The third-order valence-electron chi connectivity index (χ3n) is 4.18. The highest BCUT2D eigenvalue weighted by molar-refractivity contribution is 7.11. The van der Waals surface area contributed by atoms with E-state index < -0.39 is 0 Å². The molecule has 3 aromatic rings. The summed E-state index contributed by atoms with van der Waals surface area (Å²) in [7, 11) is 0. The van der Waals surface area contributed by atoms with Crippen LogP contribution >= 0.6 is 22.7 Å². The van der Waals surface area contributed by atoms with Gasteiger partial charge in [0.05, 0.1) is 11.1 Å². The second-order valence-electron chi connectivity index (χ2n) is 5.56. The van der Waals surface area contributed by atoms with Crippen molar-refractivity contribution < 1.29 is 9.59 Å². The summed E-state index contributed by atoms with van der Waals surface area (Å²) in [6.07, 6.45) is 0. The molecule has 0 radical (unpaired) electrons. The number of carbonyl (C=O) groups is 2. The van der Waals surface area contributed by atoms with Crippen LogP contribution < -0.4 is 21.1 Å². The lowest BCUT2D eigenvalue weighted by Crippen LogP contribution is -2.12. The Bertz CT molecular complexity index is 1030. The predicted octanol–water partition coefficient (Wildman–Crippen LogP) is 2.11. The fraction of sp³-hybridized carbons (Fsp3) is 0. The van der Waals surface area contributed by atoms with E-state index in [0.717, 1.165) is 31.6 Å². The van der Waals surface area contributed by atoms with Crippen molar-refractivity contribution in [3.05, 3.63) is 67.3 Å². The lowest BCUT2D eigenvalue weighted by atomic mass is 10.1. The maximum Gasteiger partial charge on any atom is 0.257 e. The third kappa shape index (κ3) is 1.84. The van der Waals surface area contributed by atoms with E-state index in [1.54, 1.807) is 0 Å². The molecule has 2 aromatic heterocycles. The minimum atomic E-state index is -0.0971. The van der Waals surface area contributed by atoms with Crippen molar-refractivity contribution in [1.82, 2.24) is 0 Å². The second kappa shape index (κ2) is 4.90. The fourth-order valence-corrected chi connectivity index (χ4v) is 4.73. The van der Waals surface area contributed by atoms with Crippen molar-refractivity contribution in [2.75, 3.05) is 10.6 Å². The van der Waals surface area contributed by atoms with E-state index in [4.69, 9.17) is 0 Å². The number of nitrogens with one attached hydrogen (secondary N) is 2. The smallest absolute Gasteiger partial charge is 0.257 e. The van der Waals surface area contributed by atoms with Crippen LogP contribution in [0, 0.1) is 0 Å². The van der Waals surface area contributed by atoms with Crippen LogP contribution in [-0.2, 0) is 9.59 Å². The highest BCUT2D eigenvalue weighted by Gasteiger charge is 2.27. The summed E-state index contributed by atoms with van der Waals surface area (Å²) in [5, 5.41) is 11.4. The molecule has 0 bridgehead atoms. The molecule has 2 amide bonds. The van der Waals surface area contributed by atoms with Crippen LogP contribution in [0.5, 0.6) is 0 Å². The molecular weight excluding hydrogens is 340 g/mol. The van der Waals surface area contributed by atoms with E-state index in [-0.39, 0.29) is 11.8 Å². The Balaban J connectivity index is 1.84. The summed E-state index contributed by atoms with van der Waals surface area (Å²) in [4.78, 5) is 26.7. The number of fused-ring (bicyclic) bond motifs is 2. The Labute approximate surface area is 144 Å². The number of rotatable bonds is 2. The van der Waals surface area contributed by atoms with E-state index in [1.165, 1.54) is 22.7 Å². The van der Waals surface area contributed by atoms with Crippen molar-refractivity contribution >= 4 is 57.0 Å². The molecule has 0 fully saturated rings. The van der Waals surface area contributed by atoms with E-state index in [9.17, 15) is 9.59 Å². The van der Waals surface area contributed by atoms with Crippen LogP contribution in [0.2, 0.25) is 0 Å². The molecule has 0 saturated heterocycles. The molecule has 0 spiro atoms. The van der Waals surface area contributed by atoms with Crippen LogP contribution in [0.25, 0.3) is 11.1 Å². The van der Waals surface area contributed by atoms with Crippen molar-refractivity contribution in [2.45, 2.75) is 0 Å². The molecule has 4 heterocycles. The maximum atomic E-state index is 12.4. The Morgan fingerprint density at radius 2 is 1.17 bits per heavy atom. The van der Waals surface area contributed by atoms with Crippen molar-refractivity contribution in [3.63, 3.8) is 0 Å². The van der Waals surface area contributed by atoms with Crippen LogP contribution in [0.4, 0.5) is 11.4 Å². The number of thiophene rings is 2. The second-order valence-corrected chi connectivity index (χ2v) is 7.45. The molecule has 4 nitrogen and oxygen atoms in total. The van der Waals surface area contributed by atoms with E-state index in [1.807, 2.05) is 47.2 Å².